The van der Waals surface area contributed by atoms with Gasteiger partial charge in [0.1, 0.15) is 18.3 Å². The van der Waals surface area contributed by atoms with E-state index in [0.717, 1.165) is 11.3 Å². The zero-order chi connectivity index (χ0) is 17.5. The van der Waals surface area contributed by atoms with Gasteiger partial charge in [-0.25, -0.2) is 4.79 Å². The summed E-state index contributed by atoms with van der Waals surface area (Å²) < 4.78 is 15.5. The molecule has 1 heterocycles. The highest BCUT2D eigenvalue weighted by Crippen LogP contribution is 2.31. The summed E-state index contributed by atoms with van der Waals surface area (Å²) in [5.41, 5.74) is 1.07. The number of ether oxygens (including phenoxy) is 3. The monoisotopic (exact) mass is 334 g/mol. The standard InChI is InChI=1S/C17H22N2O5/c1-4-23-13-7-5-12(6-8-13)15-14(11(2)18-17(21)19-15)16(20)24-10-9-22-3/h5-8,14-15H,2,4,9-10H2,1,3H3,(H2,18,19,21)/t14-,15+/m0/s1. The number of carbonyl (C=O) groups is 2. The molecule has 0 aromatic heterocycles. The first-order valence-electron chi connectivity index (χ1n) is 7.71. The lowest BCUT2D eigenvalue weighted by molar-refractivity contribution is -0.149. The zero-order valence-electron chi connectivity index (χ0n) is 13.8. The average Bonchev–Trinajstić information content (AvgIpc) is 2.55. The van der Waals surface area contributed by atoms with E-state index in [4.69, 9.17) is 14.2 Å². The van der Waals surface area contributed by atoms with Crippen molar-refractivity contribution in [2.24, 2.45) is 5.92 Å². The zero-order valence-corrected chi connectivity index (χ0v) is 13.8. The Kier molecular flexibility index (Phi) is 6.20. The van der Waals surface area contributed by atoms with Gasteiger partial charge in [0.2, 0.25) is 0 Å². The number of carbonyl (C=O) groups excluding carboxylic acids is 2. The van der Waals surface area contributed by atoms with E-state index in [1.807, 2.05) is 19.1 Å². The Morgan fingerprint density at radius 2 is 1.96 bits per heavy atom. The van der Waals surface area contributed by atoms with E-state index in [1.165, 1.54) is 7.11 Å². The van der Waals surface area contributed by atoms with E-state index in [2.05, 4.69) is 17.2 Å². The van der Waals surface area contributed by atoms with E-state index < -0.39 is 24.0 Å². The molecule has 2 atom stereocenters. The molecule has 1 fully saturated rings. The summed E-state index contributed by atoms with van der Waals surface area (Å²) >= 11 is 0. The van der Waals surface area contributed by atoms with Crippen molar-refractivity contribution in [3.8, 4) is 5.75 Å². The van der Waals surface area contributed by atoms with E-state index in [0.29, 0.717) is 18.9 Å². The second-order valence-corrected chi connectivity index (χ2v) is 5.24. The number of hydrogen-bond donors (Lipinski definition) is 2. The third kappa shape index (κ3) is 4.26. The van der Waals surface area contributed by atoms with Gasteiger partial charge in [0.15, 0.2) is 0 Å². The minimum atomic E-state index is -0.725. The Balaban J connectivity index is 2.19. The third-order valence-electron chi connectivity index (χ3n) is 3.61. The van der Waals surface area contributed by atoms with Gasteiger partial charge >= 0.3 is 12.0 Å². The SMILES string of the molecule is C=C1NC(=O)N[C@H](c2ccc(OCC)cc2)[C@H]1C(=O)OCCOC. The Bertz CT molecular complexity index is 600. The lowest BCUT2D eigenvalue weighted by Gasteiger charge is -2.33. The molecule has 7 heteroatoms. The van der Waals surface area contributed by atoms with Crippen LogP contribution in [0.3, 0.4) is 0 Å². The fourth-order valence-electron chi connectivity index (χ4n) is 2.49. The second-order valence-electron chi connectivity index (χ2n) is 5.24. The molecule has 0 unspecified atom stereocenters. The van der Waals surface area contributed by atoms with Crippen molar-refractivity contribution >= 4 is 12.0 Å². The summed E-state index contributed by atoms with van der Waals surface area (Å²) in [4.78, 5) is 24.2. The molecule has 2 amide bonds. The van der Waals surface area contributed by atoms with Crippen molar-refractivity contribution in [3.05, 3.63) is 42.1 Å². The molecule has 0 bridgehead atoms. The number of amides is 2. The van der Waals surface area contributed by atoms with E-state index >= 15 is 0 Å². The number of esters is 1. The van der Waals surface area contributed by atoms with Gasteiger partial charge in [0.05, 0.1) is 19.3 Å². The Labute approximate surface area is 141 Å². The highest BCUT2D eigenvalue weighted by Gasteiger charge is 2.38. The van der Waals surface area contributed by atoms with Crippen LogP contribution in [0.1, 0.15) is 18.5 Å². The molecule has 1 aromatic rings. The maximum Gasteiger partial charge on any atom is 0.319 e. The van der Waals surface area contributed by atoms with Gasteiger partial charge in [0, 0.05) is 12.8 Å². The lowest BCUT2D eigenvalue weighted by atomic mass is 9.89. The van der Waals surface area contributed by atoms with E-state index in [9.17, 15) is 9.59 Å². The summed E-state index contributed by atoms with van der Waals surface area (Å²) in [6.45, 7) is 6.70. The van der Waals surface area contributed by atoms with Crippen molar-refractivity contribution < 1.29 is 23.8 Å². The van der Waals surface area contributed by atoms with E-state index in [1.54, 1.807) is 12.1 Å². The van der Waals surface area contributed by atoms with Crippen molar-refractivity contribution in [3.63, 3.8) is 0 Å². The van der Waals surface area contributed by atoms with Gasteiger partial charge in [-0.05, 0) is 24.6 Å². The first-order valence-corrected chi connectivity index (χ1v) is 7.71. The molecule has 0 aliphatic carbocycles. The largest absolute Gasteiger partial charge is 0.494 e. The minimum absolute atomic E-state index is 0.142. The van der Waals surface area contributed by atoms with Gasteiger partial charge < -0.3 is 24.8 Å². The van der Waals surface area contributed by atoms with Crippen molar-refractivity contribution in [2.45, 2.75) is 13.0 Å². The van der Waals surface area contributed by atoms with Crippen molar-refractivity contribution in [2.75, 3.05) is 26.9 Å². The Morgan fingerprint density at radius 1 is 1.25 bits per heavy atom. The predicted octanol–water partition coefficient (Wildman–Crippen LogP) is 1.76. The van der Waals surface area contributed by atoms with E-state index in [-0.39, 0.29) is 6.61 Å². The lowest BCUT2D eigenvalue weighted by Crippen LogP contribution is -2.51. The summed E-state index contributed by atoms with van der Waals surface area (Å²) in [7, 11) is 1.53. The molecule has 2 N–H and O–H groups in total. The van der Waals surface area contributed by atoms with Crippen LogP contribution in [0.5, 0.6) is 5.75 Å². The number of hydrogen-bond acceptors (Lipinski definition) is 5. The molecular weight excluding hydrogens is 312 g/mol. The number of rotatable bonds is 7. The van der Waals surface area contributed by atoms with Crippen LogP contribution in [0, 0.1) is 5.92 Å². The Morgan fingerprint density at radius 3 is 2.58 bits per heavy atom. The number of methoxy groups -OCH3 is 1. The first kappa shape index (κ1) is 17.8. The molecule has 1 saturated heterocycles. The third-order valence-corrected chi connectivity index (χ3v) is 3.61. The fraction of sp³-hybridized carbons (Fsp3) is 0.412. The molecular formula is C17H22N2O5. The molecule has 0 spiro atoms. The molecule has 130 valence electrons. The molecule has 2 rings (SSSR count). The van der Waals surface area contributed by atoms with Crippen molar-refractivity contribution in [1.29, 1.82) is 0 Å². The van der Waals surface area contributed by atoms with Crippen LogP contribution in [-0.2, 0) is 14.3 Å². The molecule has 1 aromatic carbocycles. The van der Waals surface area contributed by atoms with Crippen molar-refractivity contribution in [1.82, 2.24) is 10.6 Å². The van der Waals surface area contributed by atoms with Crippen LogP contribution in [0.25, 0.3) is 0 Å². The van der Waals surface area contributed by atoms with Gasteiger partial charge in [-0.15, -0.1) is 0 Å². The molecule has 0 saturated carbocycles. The van der Waals surface area contributed by atoms with Gasteiger partial charge in [-0.3, -0.25) is 4.79 Å². The summed E-state index contributed by atoms with van der Waals surface area (Å²) in [5, 5.41) is 5.28. The van der Waals surface area contributed by atoms with Crippen LogP contribution in [0.2, 0.25) is 0 Å². The molecule has 1 aliphatic rings. The molecule has 1 aliphatic heterocycles. The van der Waals surface area contributed by atoms with Crippen LogP contribution < -0.4 is 15.4 Å². The average molecular weight is 334 g/mol. The smallest absolute Gasteiger partial charge is 0.319 e. The minimum Gasteiger partial charge on any atom is -0.494 e. The summed E-state index contributed by atoms with van der Waals surface area (Å²) in [6, 6.07) is 6.25. The Hall–Kier alpha value is -2.54. The van der Waals surface area contributed by atoms with Crippen LogP contribution in [0.4, 0.5) is 4.79 Å². The molecule has 0 radical (unpaired) electrons. The maximum atomic E-state index is 12.4. The number of urea groups is 1. The normalized spacial score (nSPS) is 20.1. The highest BCUT2D eigenvalue weighted by atomic mass is 16.6. The number of benzene rings is 1. The molecule has 7 nitrogen and oxygen atoms in total. The highest BCUT2D eigenvalue weighted by molar-refractivity contribution is 5.85. The topological polar surface area (TPSA) is 85.9 Å². The fourth-order valence-corrected chi connectivity index (χ4v) is 2.49. The van der Waals surface area contributed by atoms with Crippen LogP contribution in [0.15, 0.2) is 36.5 Å². The summed E-state index contributed by atoms with van der Waals surface area (Å²) in [5.74, 6) is -0.472. The van der Waals surface area contributed by atoms with Gasteiger partial charge in [-0.2, -0.15) is 0 Å². The summed E-state index contributed by atoms with van der Waals surface area (Å²) in [6.07, 6.45) is 0. The second kappa shape index (κ2) is 8.35. The van der Waals surface area contributed by atoms with Crippen LogP contribution >= 0.6 is 0 Å². The quantitative estimate of drug-likeness (QED) is 0.586. The molecule has 24 heavy (non-hydrogen) atoms. The predicted molar refractivity (Wildman–Crippen MR) is 87.5 cm³/mol. The van der Waals surface area contributed by atoms with Crippen LogP contribution in [-0.4, -0.2) is 38.9 Å². The number of nitrogens with one attached hydrogen (secondary N) is 2. The maximum absolute atomic E-state index is 12.4. The van der Waals surface area contributed by atoms with Gasteiger partial charge in [-0.1, -0.05) is 18.7 Å². The van der Waals surface area contributed by atoms with Gasteiger partial charge in [0.25, 0.3) is 0 Å². The first-order chi connectivity index (χ1) is 11.6.